The number of nitrogens with zero attached hydrogens (tertiary/aromatic N) is 2. The van der Waals surface area contributed by atoms with Crippen molar-refractivity contribution in [3.05, 3.63) is 232 Å². The number of benzene rings is 8. The van der Waals surface area contributed by atoms with Crippen LogP contribution in [0, 0.1) is 0 Å². The molecule has 0 unspecified atom stereocenters. The molecule has 16 heterocycles. The molecule has 0 saturated carbocycles. The van der Waals surface area contributed by atoms with Gasteiger partial charge in [-0.15, -0.1) is 0 Å². The van der Waals surface area contributed by atoms with Crippen LogP contribution in [0.2, 0.25) is 0 Å². The van der Waals surface area contributed by atoms with Crippen LogP contribution in [0.25, 0.3) is 98.0 Å². The maximum Gasteiger partial charge on any atom is 0.265 e. The molecule has 16 aromatic heterocycles. The lowest BCUT2D eigenvalue weighted by molar-refractivity contribution is 0.655. The molecule has 0 spiro atoms. The van der Waals surface area contributed by atoms with Crippen LogP contribution >= 0.6 is 0 Å². The number of aromatic nitrogens is 2. The smallest absolute Gasteiger partial charge is 0.265 e. The fourth-order valence-electron chi connectivity index (χ4n) is 8.30. The van der Waals surface area contributed by atoms with Crippen LogP contribution in [0.3, 0.4) is 0 Å². The van der Waals surface area contributed by atoms with E-state index in [1.807, 2.05) is 24.3 Å². The van der Waals surface area contributed by atoms with E-state index in [0.717, 1.165) is 19.6 Å². The summed E-state index contributed by atoms with van der Waals surface area (Å²) in [7, 11) is 0. The Morgan fingerprint density at radius 1 is 0.290 bits per heavy atom. The minimum atomic E-state index is -0.626. The Bertz CT molecular complexity index is 3920. The molecular weight excluding hydrogens is 781 g/mol. The van der Waals surface area contributed by atoms with Crippen molar-refractivity contribution in [2.24, 2.45) is 0 Å². The van der Waals surface area contributed by atoms with Crippen molar-refractivity contribution in [1.29, 1.82) is 0 Å². The zero-order chi connectivity index (χ0) is 42.2. The van der Waals surface area contributed by atoms with Gasteiger partial charge < -0.3 is 8.83 Å². The molecule has 0 aliphatic heterocycles. The first-order valence-electron chi connectivity index (χ1n) is 19.6. The first kappa shape index (κ1) is 36.3. The third kappa shape index (κ3) is 5.81. The number of fused-ring (bicyclic) bond motifs is 2. The number of hydrogen-bond acceptors (Lipinski definition) is 8. The Labute approximate surface area is 346 Å². The molecule has 24 rings (SSSR count). The monoisotopic (exact) mass is 808 g/mol. The van der Waals surface area contributed by atoms with E-state index in [9.17, 15) is 28.8 Å². The highest BCUT2D eigenvalue weighted by Crippen LogP contribution is 2.29. The van der Waals surface area contributed by atoms with Gasteiger partial charge >= 0.3 is 0 Å². The van der Waals surface area contributed by atoms with Crippen molar-refractivity contribution in [1.82, 2.24) is 8.80 Å². The summed E-state index contributed by atoms with van der Waals surface area (Å²) < 4.78 is 14.4. The second kappa shape index (κ2) is 13.9. The Hall–Kier alpha value is -8.76. The Kier molecular flexibility index (Phi) is 8.16. The molecule has 0 N–H and O–H groups in total. The van der Waals surface area contributed by atoms with Gasteiger partial charge in [0.05, 0.1) is 11.0 Å². The lowest BCUT2D eigenvalue weighted by Crippen LogP contribution is -2.30. The first-order valence-corrected chi connectivity index (χ1v) is 19.6. The zero-order valence-electron chi connectivity index (χ0n) is 32.3. The maximum absolute atomic E-state index is 14.2. The van der Waals surface area contributed by atoms with Gasteiger partial charge in [-0.1, -0.05) is 60.7 Å². The fourth-order valence-corrected chi connectivity index (χ4v) is 8.30. The summed E-state index contributed by atoms with van der Waals surface area (Å²) in [4.78, 5) is 83.8. The molecule has 10 heteroatoms. The summed E-state index contributed by atoms with van der Waals surface area (Å²) >= 11 is 0. The molecule has 0 atom stereocenters. The van der Waals surface area contributed by atoms with Gasteiger partial charge in [0.25, 0.3) is 22.2 Å². The topological polar surface area (TPSA) is 138 Å². The molecule has 294 valence electrons. The summed E-state index contributed by atoms with van der Waals surface area (Å²) in [5.41, 5.74) is -0.824. The molecule has 0 saturated heterocycles. The number of rotatable bonds is 0. The molecule has 24 aromatic rings. The minimum Gasteiger partial charge on any atom is -0.457 e. The molecule has 8 aromatic carbocycles. The van der Waals surface area contributed by atoms with Gasteiger partial charge in [-0.05, 0) is 108 Å². The van der Waals surface area contributed by atoms with Gasteiger partial charge in [-0.3, -0.25) is 28.8 Å². The predicted octanol–water partition coefficient (Wildman–Crippen LogP) is 9.01. The Balaban J connectivity index is 1.21. The summed E-state index contributed by atoms with van der Waals surface area (Å²) in [5.74, 6) is 0. The van der Waals surface area contributed by atoms with Crippen molar-refractivity contribution < 1.29 is 8.83 Å². The molecule has 0 aliphatic carbocycles. The summed E-state index contributed by atoms with van der Waals surface area (Å²) in [6.45, 7) is 0. The summed E-state index contributed by atoms with van der Waals surface area (Å²) in [6, 6.07) is 46.9. The number of pyridine rings is 2. The largest absolute Gasteiger partial charge is 0.457 e. The highest BCUT2D eigenvalue weighted by molar-refractivity contribution is 6.22. The first-order chi connectivity index (χ1) is 30.2. The SMILES string of the molecule is O=c1c2ccc(cc2)oc2cccc(c2)n2c(=O)c3ccc4c(=O)n(c(=O)c5ccc(c2=O)c3c45)c2cccc(c2)oc2ccc(cc2)c(=O)c2ccc(cc2)c2ccc1cc2. The van der Waals surface area contributed by atoms with Crippen LogP contribution in [-0.4, -0.2) is 8.80 Å². The quantitative estimate of drug-likeness (QED) is 0.139. The minimum absolute atomic E-state index is 0.161. The second-order valence-electron chi connectivity index (χ2n) is 15.0. The zero-order valence-corrected chi connectivity index (χ0v) is 32.3. The molecule has 10 nitrogen and oxygen atoms in total. The van der Waals surface area contributed by atoms with E-state index >= 15 is 0 Å². The molecule has 0 fully saturated rings. The van der Waals surface area contributed by atoms with E-state index in [2.05, 4.69) is 0 Å². The van der Waals surface area contributed by atoms with Crippen molar-refractivity contribution in [3.8, 4) is 0 Å². The fraction of sp³-hybridized carbons (Fsp3) is 0. The molecule has 0 radical (unpaired) electrons. The summed E-state index contributed by atoms with van der Waals surface area (Å²) in [5, 5.41) is 4.76. The van der Waals surface area contributed by atoms with Crippen molar-refractivity contribution in [3.63, 3.8) is 0 Å². The van der Waals surface area contributed by atoms with Gasteiger partial charge in [-0.25, -0.2) is 8.80 Å². The third-order valence-corrected chi connectivity index (χ3v) is 11.4. The molecule has 0 aliphatic rings. The van der Waals surface area contributed by atoms with E-state index in [1.165, 1.54) is 24.3 Å². The lowest BCUT2D eigenvalue weighted by Gasteiger charge is -2.11. The van der Waals surface area contributed by atoms with E-state index in [1.54, 1.807) is 121 Å². The highest BCUT2D eigenvalue weighted by atomic mass is 16.3. The highest BCUT2D eigenvalue weighted by Gasteiger charge is 2.20. The van der Waals surface area contributed by atoms with Crippen LogP contribution in [0.5, 0.6) is 0 Å². The molecule has 62 heavy (non-hydrogen) atoms. The predicted molar refractivity (Wildman–Crippen MR) is 246 cm³/mol. The van der Waals surface area contributed by atoms with Crippen molar-refractivity contribution >= 4 is 98.0 Å². The number of hydrogen-bond donors (Lipinski definition) is 0. The lowest BCUT2D eigenvalue weighted by atomic mass is 9.97. The van der Waals surface area contributed by atoms with Crippen LogP contribution in [0.1, 0.15) is 0 Å². The van der Waals surface area contributed by atoms with E-state index in [0.29, 0.717) is 43.9 Å². The van der Waals surface area contributed by atoms with Gasteiger partial charge in [0.15, 0.2) is 10.9 Å². The van der Waals surface area contributed by atoms with Crippen molar-refractivity contribution in [2.45, 2.75) is 0 Å². The molecular formula is C52H28N2O8. The van der Waals surface area contributed by atoms with E-state index in [-0.39, 0.29) is 54.2 Å². The van der Waals surface area contributed by atoms with Crippen LogP contribution in [0.15, 0.2) is 207 Å². The standard InChI is InChI=1S/C52H28N2O8/c55-47-31-11-7-29(8-12-31)30-9-13-32(14-10-30)48(56)34-17-21-38(22-18-34)62-40-6-2-4-36(28-40)54-51(59)43-25-23-41-45-42(24-26-44(46(43)45)52(54)60)50(58)53(49(41)57)35-3-1-5-39(27-35)61-37-19-15-33(47)16-20-37/h1-28H. The Morgan fingerprint density at radius 2 is 0.581 bits per heavy atom. The normalized spacial score (nSPS) is 11.6. The van der Waals surface area contributed by atoms with Gasteiger partial charge in [0.2, 0.25) is 0 Å². The average molecular weight is 809 g/mol. The Morgan fingerprint density at radius 3 is 0.903 bits per heavy atom. The molecule has 0 amide bonds. The van der Waals surface area contributed by atoms with Crippen molar-refractivity contribution in [2.75, 3.05) is 0 Å². The van der Waals surface area contributed by atoms with Gasteiger partial charge in [0, 0.05) is 66.0 Å². The van der Waals surface area contributed by atoms with Gasteiger partial charge in [0.1, 0.15) is 22.3 Å². The van der Waals surface area contributed by atoms with E-state index in [4.69, 9.17) is 8.83 Å². The van der Waals surface area contributed by atoms with Crippen LogP contribution in [-0.2, 0) is 0 Å². The van der Waals surface area contributed by atoms with Crippen LogP contribution in [0.4, 0.5) is 0 Å². The van der Waals surface area contributed by atoms with E-state index < -0.39 is 22.2 Å². The second-order valence-corrected chi connectivity index (χ2v) is 15.0. The average Bonchev–Trinajstić information content (AvgIpc) is 3.30. The molecule has 20 bridgehead atoms. The van der Waals surface area contributed by atoms with Gasteiger partial charge in [-0.2, -0.15) is 0 Å². The third-order valence-electron chi connectivity index (χ3n) is 11.4. The van der Waals surface area contributed by atoms with Crippen LogP contribution < -0.4 is 33.1 Å². The summed E-state index contributed by atoms with van der Waals surface area (Å²) in [6.07, 6.45) is 0. The maximum atomic E-state index is 14.2.